The summed E-state index contributed by atoms with van der Waals surface area (Å²) in [4.78, 5) is 0. The molecule has 1 aromatic carbocycles. The molecule has 0 heterocycles. The van der Waals surface area contributed by atoms with E-state index in [0.29, 0.717) is 0 Å². The Bertz CT molecular complexity index is 320. The third-order valence-corrected chi connectivity index (χ3v) is 4.94. The first-order chi connectivity index (χ1) is 10.9. The van der Waals surface area contributed by atoms with Gasteiger partial charge in [0, 0.05) is 0 Å². The van der Waals surface area contributed by atoms with Gasteiger partial charge in [0.25, 0.3) is 0 Å². The number of rotatable bonds is 14. The zero-order valence-electron chi connectivity index (χ0n) is 13.4. The van der Waals surface area contributed by atoms with Crippen molar-refractivity contribution in [2.24, 2.45) is 0 Å². The van der Waals surface area contributed by atoms with Gasteiger partial charge in [-0.25, -0.2) is 0 Å². The maximum absolute atomic E-state index is 5.75. The van der Waals surface area contributed by atoms with Crippen LogP contribution >= 0.6 is 45.2 Å². The number of hydrogen-bond acceptors (Lipinski definition) is 2. The molecule has 0 spiro atoms. The number of ether oxygens (including phenoxy) is 2. The highest BCUT2D eigenvalue weighted by Gasteiger charge is 1.97. The van der Waals surface area contributed by atoms with Gasteiger partial charge < -0.3 is 9.47 Å². The van der Waals surface area contributed by atoms with Gasteiger partial charge in [-0.05, 0) is 58.8 Å². The Morgan fingerprint density at radius 1 is 0.545 bits per heavy atom. The van der Waals surface area contributed by atoms with Crippen molar-refractivity contribution in [1.82, 2.24) is 0 Å². The summed E-state index contributed by atoms with van der Waals surface area (Å²) in [5.74, 6) is 1.89. The first-order valence-corrected chi connectivity index (χ1v) is 11.4. The van der Waals surface area contributed by atoms with E-state index >= 15 is 0 Å². The summed E-state index contributed by atoms with van der Waals surface area (Å²) < 4.78 is 14.0. The van der Waals surface area contributed by atoms with E-state index in [0.717, 1.165) is 37.6 Å². The van der Waals surface area contributed by atoms with Crippen LogP contribution < -0.4 is 9.47 Å². The van der Waals surface area contributed by atoms with E-state index in [1.165, 1.54) is 47.4 Å². The molecule has 0 atom stereocenters. The summed E-state index contributed by atoms with van der Waals surface area (Å²) in [7, 11) is 0. The van der Waals surface area contributed by atoms with Crippen LogP contribution in [0.3, 0.4) is 0 Å². The Kier molecular flexibility index (Phi) is 13.7. The molecule has 0 amide bonds. The first-order valence-electron chi connectivity index (χ1n) is 8.34. The Morgan fingerprint density at radius 3 is 1.27 bits per heavy atom. The maximum Gasteiger partial charge on any atom is 0.119 e. The predicted molar refractivity (Wildman–Crippen MR) is 112 cm³/mol. The maximum atomic E-state index is 5.75. The number of halogens is 2. The van der Waals surface area contributed by atoms with E-state index in [4.69, 9.17) is 9.47 Å². The van der Waals surface area contributed by atoms with E-state index in [2.05, 4.69) is 45.2 Å². The monoisotopic (exact) mass is 530 g/mol. The SMILES string of the molecule is ICCCCCCOc1ccc(OCCCCCCI)cc1. The molecule has 1 aromatic rings. The van der Waals surface area contributed by atoms with Crippen molar-refractivity contribution >= 4 is 45.2 Å². The molecule has 2 nitrogen and oxygen atoms in total. The van der Waals surface area contributed by atoms with Gasteiger partial charge in [0.05, 0.1) is 13.2 Å². The normalized spacial score (nSPS) is 10.6. The summed E-state index contributed by atoms with van der Waals surface area (Å²) in [6.07, 6.45) is 10.1. The number of benzene rings is 1. The van der Waals surface area contributed by atoms with Gasteiger partial charge in [-0.3, -0.25) is 0 Å². The van der Waals surface area contributed by atoms with Crippen molar-refractivity contribution in [2.75, 3.05) is 22.1 Å². The second kappa shape index (κ2) is 14.8. The quantitative estimate of drug-likeness (QED) is 0.157. The molecule has 4 heteroatoms. The van der Waals surface area contributed by atoms with Crippen LogP contribution in [0, 0.1) is 0 Å². The van der Waals surface area contributed by atoms with Crippen molar-refractivity contribution in [3.63, 3.8) is 0 Å². The second-order valence-corrected chi connectivity index (χ2v) is 7.53. The molecule has 0 unspecified atom stereocenters. The summed E-state index contributed by atoms with van der Waals surface area (Å²) in [5, 5.41) is 0. The van der Waals surface area contributed by atoms with Crippen LogP contribution in [0.2, 0.25) is 0 Å². The highest BCUT2D eigenvalue weighted by atomic mass is 127. The van der Waals surface area contributed by atoms with Crippen molar-refractivity contribution in [3.05, 3.63) is 24.3 Å². The lowest BCUT2D eigenvalue weighted by atomic mass is 10.2. The van der Waals surface area contributed by atoms with Crippen LogP contribution in [0.4, 0.5) is 0 Å². The molecule has 126 valence electrons. The van der Waals surface area contributed by atoms with E-state index < -0.39 is 0 Å². The molecule has 0 aliphatic heterocycles. The lowest BCUT2D eigenvalue weighted by molar-refractivity contribution is 0.297. The van der Waals surface area contributed by atoms with Crippen LogP contribution in [0.25, 0.3) is 0 Å². The summed E-state index contributed by atoms with van der Waals surface area (Å²) in [6.45, 7) is 1.64. The number of unbranched alkanes of at least 4 members (excludes halogenated alkanes) is 6. The third-order valence-electron chi connectivity index (χ3n) is 3.42. The largest absolute Gasteiger partial charge is 0.494 e. The molecule has 0 fully saturated rings. The molecule has 0 aromatic heterocycles. The molecule has 0 saturated heterocycles. The van der Waals surface area contributed by atoms with Gasteiger partial charge in [-0.1, -0.05) is 70.9 Å². The molecular formula is C18H28I2O2. The summed E-state index contributed by atoms with van der Waals surface area (Å²) in [6, 6.07) is 8.04. The van der Waals surface area contributed by atoms with Crippen molar-refractivity contribution in [2.45, 2.75) is 51.4 Å². The van der Waals surface area contributed by atoms with E-state index in [9.17, 15) is 0 Å². The lowest BCUT2D eigenvalue weighted by Crippen LogP contribution is -1.99. The summed E-state index contributed by atoms with van der Waals surface area (Å²) >= 11 is 4.87. The van der Waals surface area contributed by atoms with Gasteiger partial charge >= 0.3 is 0 Å². The molecule has 1 rings (SSSR count). The molecule has 0 radical (unpaired) electrons. The molecule has 0 bridgehead atoms. The van der Waals surface area contributed by atoms with Crippen molar-refractivity contribution < 1.29 is 9.47 Å². The lowest BCUT2D eigenvalue weighted by Gasteiger charge is -2.08. The van der Waals surface area contributed by atoms with Crippen LogP contribution in [-0.4, -0.2) is 22.1 Å². The summed E-state index contributed by atoms with van der Waals surface area (Å²) in [5.41, 5.74) is 0. The minimum absolute atomic E-state index is 0.818. The highest BCUT2D eigenvalue weighted by molar-refractivity contribution is 14.1. The van der Waals surface area contributed by atoms with Gasteiger partial charge in [-0.2, -0.15) is 0 Å². The standard InChI is InChI=1S/C18H28I2O2/c19-13-5-1-3-7-15-21-17-9-11-18(12-10-17)22-16-8-4-2-6-14-20/h9-12H,1-8,13-16H2. The topological polar surface area (TPSA) is 18.5 Å². The number of alkyl halides is 2. The molecular weight excluding hydrogens is 502 g/mol. The molecule has 22 heavy (non-hydrogen) atoms. The van der Waals surface area contributed by atoms with Gasteiger partial charge in [-0.15, -0.1) is 0 Å². The first kappa shape index (κ1) is 20.3. The third kappa shape index (κ3) is 10.9. The second-order valence-electron chi connectivity index (χ2n) is 5.37. The zero-order valence-corrected chi connectivity index (χ0v) is 17.7. The van der Waals surface area contributed by atoms with Crippen LogP contribution in [0.1, 0.15) is 51.4 Å². The fourth-order valence-corrected chi connectivity index (χ4v) is 3.19. The van der Waals surface area contributed by atoms with Gasteiger partial charge in [0.1, 0.15) is 11.5 Å². The number of hydrogen-bond donors (Lipinski definition) is 0. The molecule has 0 saturated carbocycles. The van der Waals surface area contributed by atoms with Gasteiger partial charge in [0.2, 0.25) is 0 Å². The fraction of sp³-hybridized carbons (Fsp3) is 0.667. The highest BCUT2D eigenvalue weighted by Crippen LogP contribution is 2.18. The Balaban J connectivity index is 2.07. The van der Waals surface area contributed by atoms with Crippen molar-refractivity contribution in [3.8, 4) is 11.5 Å². The molecule has 0 aliphatic carbocycles. The average Bonchev–Trinajstić information content (AvgIpc) is 2.55. The average molecular weight is 530 g/mol. The Morgan fingerprint density at radius 2 is 0.909 bits per heavy atom. The van der Waals surface area contributed by atoms with E-state index in [1.807, 2.05) is 24.3 Å². The molecule has 0 aliphatic rings. The van der Waals surface area contributed by atoms with E-state index in [-0.39, 0.29) is 0 Å². The predicted octanol–water partition coefficient (Wildman–Crippen LogP) is 6.44. The minimum Gasteiger partial charge on any atom is -0.494 e. The van der Waals surface area contributed by atoms with Gasteiger partial charge in [0.15, 0.2) is 0 Å². The Hall–Kier alpha value is 0.280. The van der Waals surface area contributed by atoms with Crippen LogP contribution in [0.15, 0.2) is 24.3 Å². The van der Waals surface area contributed by atoms with Crippen LogP contribution in [-0.2, 0) is 0 Å². The van der Waals surface area contributed by atoms with E-state index in [1.54, 1.807) is 0 Å². The zero-order chi connectivity index (χ0) is 15.9. The van der Waals surface area contributed by atoms with Crippen LogP contribution in [0.5, 0.6) is 11.5 Å². The molecule has 0 N–H and O–H groups in total. The van der Waals surface area contributed by atoms with Crippen molar-refractivity contribution in [1.29, 1.82) is 0 Å². The minimum atomic E-state index is 0.818. The Labute approximate surface area is 163 Å². The fourth-order valence-electron chi connectivity index (χ4n) is 2.11. The smallest absolute Gasteiger partial charge is 0.119 e.